The van der Waals surface area contributed by atoms with E-state index in [1.165, 1.54) is 18.4 Å². The Balaban J connectivity index is 0.00000133. The van der Waals surface area contributed by atoms with Crippen LogP contribution in [0.15, 0.2) is 18.5 Å². The molecule has 2 N–H and O–H groups in total. The zero-order valence-corrected chi connectivity index (χ0v) is 11.7. The minimum Gasteiger partial charge on any atom is -0.490 e. The van der Waals surface area contributed by atoms with Gasteiger partial charge in [0, 0.05) is 18.8 Å². The molecule has 0 spiro atoms. The third kappa shape index (κ3) is 3.59. The maximum atomic E-state index is 8.93. The Morgan fingerprint density at radius 2 is 2.26 bits per heavy atom. The lowest BCUT2D eigenvalue weighted by Crippen LogP contribution is -2.46. The molecule has 2 fully saturated rings. The van der Waals surface area contributed by atoms with E-state index in [4.69, 9.17) is 9.84 Å². The first-order valence-corrected chi connectivity index (χ1v) is 6.79. The maximum absolute atomic E-state index is 8.93. The molecule has 1 aromatic heterocycles. The number of nitrogens with one attached hydrogen (secondary N) is 1. The van der Waals surface area contributed by atoms with Crippen LogP contribution in [0.4, 0.5) is 0 Å². The molecular formula is C14H21ClN2O2. The van der Waals surface area contributed by atoms with Crippen LogP contribution < -0.4 is 10.1 Å². The van der Waals surface area contributed by atoms with Crippen LogP contribution in [-0.2, 0) is 0 Å². The summed E-state index contributed by atoms with van der Waals surface area (Å²) in [6.45, 7) is 2.13. The molecule has 106 valence electrons. The highest BCUT2D eigenvalue weighted by molar-refractivity contribution is 5.85. The largest absolute Gasteiger partial charge is 0.490 e. The molecule has 1 saturated carbocycles. The summed E-state index contributed by atoms with van der Waals surface area (Å²) in [4.78, 5) is 4.25. The van der Waals surface area contributed by atoms with Gasteiger partial charge in [-0.15, -0.1) is 12.4 Å². The van der Waals surface area contributed by atoms with Gasteiger partial charge in [-0.05, 0) is 49.3 Å². The van der Waals surface area contributed by atoms with Gasteiger partial charge in [-0.1, -0.05) is 0 Å². The van der Waals surface area contributed by atoms with Gasteiger partial charge in [-0.3, -0.25) is 4.98 Å². The van der Waals surface area contributed by atoms with E-state index in [-0.39, 0.29) is 19.0 Å². The highest BCUT2D eigenvalue weighted by atomic mass is 35.5. The van der Waals surface area contributed by atoms with Crippen molar-refractivity contribution in [1.29, 1.82) is 0 Å². The molecule has 19 heavy (non-hydrogen) atoms. The van der Waals surface area contributed by atoms with Crippen molar-refractivity contribution < 1.29 is 9.84 Å². The molecule has 0 aromatic carbocycles. The standard InChI is InChI=1S/C14H20N2O2.ClH/c17-4-2-10-6-14(10)11-5-13(8-15-7-11)18-9-12-1-3-16-12;/h5,7-8,10,12,14,16-17H,1-4,6,9H2;1H/t10-,12+,14-;/m1./s1. The molecule has 1 aromatic rings. The van der Waals surface area contributed by atoms with Crippen LogP contribution in [0.5, 0.6) is 5.75 Å². The first kappa shape index (κ1) is 14.6. The number of pyridine rings is 1. The van der Waals surface area contributed by atoms with Crippen LogP contribution >= 0.6 is 12.4 Å². The second kappa shape index (κ2) is 6.55. The smallest absolute Gasteiger partial charge is 0.137 e. The Morgan fingerprint density at radius 1 is 1.42 bits per heavy atom. The number of rotatable bonds is 6. The van der Waals surface area contributed by atoms with Gasteiger partial charge in [0.2, 0.25) is 0 Å². The Morgan fingerprint density at radius 3 is 2.95 bits per heavy atom. The van der Waals surface area contributed by atoms with Crippen molar-refractivity contribution >= 4 is 12.4 Å². The number of nitrogens with zero attached hydrogens (tertiary/aromatic N) is 1. The van der Waals surface area contributed by atoms with E-state index in [9.17, 15) is 0 Å². The monoisotopic (exact) mass is 284 g/mol. The quantitative estimate of drug-likeness (QED) is 0.835. The SMILES string of the molecule is Cl.OCC[C@@H]1C[C@H]1c1cncc(OC[C@@H]2CCN2)c1. The van der Waals surface area contributed by atoms with Crippen molar-refractivity contribution in [3.63, 3.8) is 0 Å². The predicted octanol–water partition coefficient (Wildman–Crippen LogP) is 1.73. The summed E-state index contributed by atoms with van der Waals surface area (Å²) in [5, 5.41) is 12.2. The van der Waals surface area contributed by atoms with E-state index in [0.717, 1.165) is 25.3 Å². The Hall–Kier alpha value is -0.840. The van der Waals surface area contributed by atoms with Gasteiger partial charge >= 0.3 is 0 Å². The van der Waals surface area contributed by atoms with Gasteiger partial charge in [0.1, 0.15) is 12.4 Å². The Bertz CT molecular complexity index is 412. The van der Waals surface area contributed by atoms with E-state index < -0.39 is 0 Å². The number of aromatic nitrogens is 1. The maximum Gasteiger partial charge on any atom is 0.137 e. The van der Waals surface area contributed by atoms with Crippen molar-refractivity contribution in [2.75, 3.05) is 19.8 Å². The molecule has 0 bridgehead atoms. The van der Waals surface area contributed by atoms with E-state index in [2.05, 4.69) is 16.4 Å². The summed E-state index contributed by atoms with van der Waals surface area (Å²) in [6, 6.07) is 2.62. The first-order valence-electron chi connectivity index (χ1n) is 6.79. The van der Waals surface area contributed by atoms with Crippen molar-refractivity contribution in [1.82, 2.24) is 10.3 Å². The van der Waals surface area contributed by atoms with Gasteiger partial charge in [-0.25, -0.2) is 0 Å². The summed E-state index contributed by atoms with van der Waals surface area (Å²) in [6.07, 6.45) is 6.99. The average Bonchev–Trinajstić information content (AvgIpc) is 3.07. The highest BCUT2D eigenvalue weighted by Gasteiger charge is 2.37. The van der Waals surface area contributed by atoms with Crippen LogP contribution in [0, 0.1) is 5.92 Å². The topological polar surface area (TPSA) is 54.4 Å². The minimum absolute atomic E-state index is 0. The lowest BCUT2D eigenvalue weighted by atomic mass is 10.1. The predicted molar refractivity (Wildman–Crippen MR) is 75.9 cm³/mol. The molecule has 0 amide bonds. The van der Waals surface area contributed by atoms with Crippen molar-refractivity contribution in [3.05, 3.63) is 24.0 Å². The van der Waals surface area contributed by atoms with Gasteiger partial charge in [0.25, 0.3) is 0 Å². The number of hydrogen-bond acceptors (Lipinski definition) is 4. The lowest BCUT2D eigenvalue weighted by molar-refractivity contribution is 0.216. The van der Waals surface area contributed by atoms with Crippen molar-refractivity contribution in [3.8, 4) is 5.75 Å². The summed E-state index contributed by atoms with van der Waals surface area (Å²) < 4.78 is 5.75. The van der Waals surface area contributed by atoms with Crippen LogP contribution in [0.3, 0.4) is 0 Å². The molecule has 1 saturated heterocycles. The molecule has 2 heterocycles. The van der Waals surface area contributed by atoms with Gasteiger partial charge < -0.3 is 15.2 Å². The third-order valence-electron chi connectivity index (χ3n) is 3.96. The zero-order valence-electron chi connectivity index (χ0n) is 10.9. The number of hydrogen-bond donors (Lipinski definition) is 2. The van der Waals surface area contributed by atoms with Gasteiger partial charge in [0.15, 0.2) is 0 Å². The Labute approximate surface area is 120 Å². The van der Waals surface area contributed by atoms with Crippen LogP contribution in [-0.4, -0.2) is 35.9 Å². The molecule has 5 heteroatoms. The number of aliphatic hydroxyl groups excluding tert-OH is 1. The molecule has 3 atom stereocenters. The van der Waals surface area contributed by atoms with E-state index in [1.807, 2.05) is 6.20 Å². The van der Waals surface area contributed by atoms with Crippen LogP contribution in [0.25, 0.3) is 0 Å². The van der Waals surface area contributed by atoms with Crippen LogP contribution in [0.2, 0.25) is 0 Å². The first-order chi connectivity index (χ1) is 8.86. The Kier molecular flexibility index (Phi) is 5.02. The average molecular weight is 285 g/mol. The normalized spacial score (nSPS) is 28.2. The van der Waals surface area contributed by atoms with Gasteiger partial charge in [-0.2, -0.15) is 0 Å². The fourth-order valence-corrected chi connectivity index (χ4v) is 2.55. The molecule has 0 unspecified atom stereocenters. The van der Waals surface area contributed by atoms with E-state index >= 15 is 0 Å². The van der Waals surface area contributed by atoms with Crippen molar-refractivity contribution in [2.24, 2.45) is 5.92 Å². The fraction of sp³-hybridized carbons (Fsp3) is 0.643. The summed E-state index contributed by atoms with van der Waals surface area (Å²) >= 11 is 0. The molecule has 1 aliphatic heterocycles. The zero-order chi connectivity index (χ0) is 12.4. The number of aliphatic hydroxyl groups is 1. The molecular weight excluding hydrogens is 264 g/mol. The van der Waals surface area contributed by atoms with E-state index in [0.29, 0.717) is 17.9 Å². The molecule has 1 aliphatic carbocycles. The lowest BCUT2D eigenvalue weighted by Gasteiger charge is -2.27. The van der Waals surface area contributed by atoms with E-state index in [1.54, 1.807) is 6.20 Å². The fourth-order valence-electron chi connectivity index (χ4n) is 2.55. The highest BCUT2D eigenvalue weighted by Crippen LogP contribution is 2.49. The molecule has 0 radical (unpaired) electrons. The second-order valence-corrected chi connectivity index (χ2v) is 5.32. The second-order valence-electron chi connectivity index (χ2n) is 5.32. The molecule has 3 rings (SSSR count). The summed E-state index contributed by atoms with van der Waals surface area (Å²) in [7, 11) is 0. The van der Waals surface area contributed by atoms with Gasteiger partial charge in [0.05, 0.1) is 6.20 Å². The van der Waals surface area contributed by atoms with Crippen molar-refractivity contribution in [2.45, 2.75) is 31.2 Å². The van der Waals surface area contributed by atoms with Crippen LogP contribution in [0.1, 0.15) is 30.7 Å². The molecule has 4 nitrogen and oxygen atoms in total. The summed E-state index contributed by atoms with van der Waals surface area (Å²) in [5.41, 5.74) is 1.26. The molecule has 2 aliphatic rings. The number of halogens is 1. The number of ether oxygens (including phenoxy) is 1. The third-order valence-corrected chi connectivity index (χ3v) is 3.96. The minimum atomic E-state index is 0. The summed E-state index contributed by atoms with van der Waals surface area (Å²) in [5.74, 6) is 2.09.